The minimum atomic E-state index is 0.683. The second-order valence-electron chi connectivity index (χ2n) is 8.60. The molecule has 2 aromatic carbocycles. The summed E-state index contributed by atoms with van der Waals surface area (Å²) in [5.41, 5.74) is 20.0. The summed E-state index contributed by atoms with van der Waals surface area (Å²) in [6.07, 6.45) is 3.35. The first-order valence-electron chi connectivity index (χ1n) is 11.2. The van der Waals surface area contributed by atoms with E-state index >= 15 is 0 Å². The molecule has 0 saturated heterocycles. The molecule has 4 N–H and O–H groups in total. The second kappa shape index (κ2) is 10.7. The Bertz CT molecular complexity index is 1130. The minimum Gasteiger partial charge on any atom is -0.397 e. The first-order chi connectivity index (χ1) is 16.2. The van der Waals surface area contributed by atoms with Gasteiger partial charge in [-0.05, 0) is 75.2 Å². The van der Waals surface area contributed by atoms with Gasteiger partial charge >= 0.3 is 0 Å². The summed E-state index contributed by atoms with van der Waals surface area (Å²) in [5.74, 6) is 1.79. The maximum atomic E-state index is 5.63. The number of pyridine rings is 2. The Morgan fingerprint density at radius 3 is 1.24 bits per heavy atom. The van der Waals surface area contributed by atoms with E-state index in [1.54, 1.807) is 12.4 Å². The molecule has 0 atom stereocenters. The standard InChI is InChI=1S/2C14H17N3/c2*1-10-4-6-13(11(2)8-10)17(3)14-7-5-12(15)9-16-14/h2*4-9H,15H2,1-3H3. The predicted octanol–water partition coefficient (Wildman–Crippen LogP) is 6.10. The zero-order valence-electron chi connectivity index (χ0n) is 20.9. The van der Waals surface area contributed by atoms with Crippen molar-refractivity contribution in [3.8, 4) is 0 Å². The van der Waals surface area contributed by atoms with Gasteiger partial charge in [0.15, 0.2) is 0 Å². The van der Waals surface area contributed by atoms with Crippen molar-refractivity contribution in [1.29, 1.82) is 0 Å². The molecule has 0 aliphatic carbocycles. The van der Waals surface area contributed by atoms with Gasteiger partial charge in [-0.2, -0.15) is 0 Å². The Balaban J connectivity index is 0.000000191. The van der Waals surface area contributed by atoms with Crippen molar-refractivity contribution in [2.45, 2.75) is 27.7 Å². The zero-order valence-corrected chi connectivity index (χ0v) is 20.9. The molecule has 2 aromatic heterocycles. The van der Waals surface area contributed by atoms with E-state index in [9.17, 15) is 0 Å². The summed E-state index contributed by atoms with van der Waals surface area (Å²) >= 11 is 0. The lowest BCUT2D eigenvalue weighted by atomic mass is 10.1. The maximum Gasteiger partial charge on any atom is 0.132 e. The second-order valence-corrected chi connectivity index (χ2v) is 8.60. The summed E-state index contributed by atoms with van der Waals surface area (Å²) in [5, 5.41) is 0. The molecule has 0 aliphatic heterocycles. The number of benzene rings is 2. The smallest absolute Gasteiger partial charge is 0.132 e. The Morgan fingerprint density at radius 1 is 0.559 bits per heavy atom. The van der Waals surface area contributed by atoms with Crippen LogP contribution in [0.2, 0.25) is 0 Å². The van der Waals surface area contributed by atoms with Gasteiger partial charge in [-0.3, -0.25) is 0 Å². The molecule has 0 bridgehead atoms. The van der Waals surface area contributed by atoms with Gasteiger partial charge in [-0.25, -0.2) is 9.97 Å². The third-order valence-electron chi connectivity index (χ3n) is 5.66. The van der Waals surface area contributed by atoms with Crippen molar-refractivity contribution in [2.75, 3.05) is 35.4 Å². The van der Waals surface area contributed by atoms with Crippen LogP contribution in [0.25, 0.3) is 0 Å². The summed E-state index contributed by atoms with van der Waals surface area (Å²) in [7, 11) is 4.02. The van der Waals surface area contributed by atoms with Crippen LogP contribution < -0.4 is 21.3 Å². The lowest BCUT2D eigenvalue weighted by Gasteiger charge is -2.20. The average Bonchev–Trinajstić information content (AvgIpc) is 2.80. The molecule has 6 nitrogen and oxygen atoms in total. The van der Waals surface area contributed by atoms with Crippen LogP contribution in [0.15, 0.2) is 73.1 Å². The van der Waals surface area contributed by atoms with E-state index in [1.165, 1.54) is 22.3 Å². The first-order valence-corrected chi connectivity index (χ1v) is 11.2. The van der Waals surface area contributed by atoms with E-state index < -0.39 is 0 Å². The monoisotopic (exact) mass is 454 g/mol. The summed E-state index contributed by atoms with van der Waals surface area (Å²) in [6.45, 7) is 8.41. The van der Waals surface area contributed by atoms with Crippen molar-refractivity contribution >= 4 is 34.4 Å². The topological polar surface area (TPSA) is 84.3 Å². The molecule has 0 spiro atoms. The van der Waals surface area contributed by atoms with Gasteiger partial charge in [0.05, 0.1) is 23.8 Å². The van der Waals surface area contributed by atoms with Crippen molar-refractivity contribution in [1.82, 2.24) is 9.97 Å². The molecule has 4 aromatic rings. The van der Waals surface area contributed by atoms with Crippen LogP contribution in [0.4, 0.5) is 34.4 Å². The van der Waals surface area contributed by atoms with Gasteiger partial charge in [0.25, 0.3) is 0 Å². The lowest BCUT2D eigenvalue weighted by molar-refractivity contribution is 1.11. The molecular formula is C28H34N6. The van der Waals surface area contributed by atoms with Crippen molar-refractivity contribution in [3.63, 3.8) is 0 Å². The molecule has 0 amide bonds. The summed E-state index contributed by atoms with van der Waals surface area (Å²) in [6, 6.07) is 20.4. The van der Waals surface area contributed by atoms with Gasteiger partial charge in [0, 0.05) is 25.5 Å². The largest absolute Gasteiger partial charge is 0.397 e. The number of aryl methyl sites for hydroxylation is 4. The number of hydrogen-bond acceptors (Lipinski definition) is 6. The number of nitrogens with two attached hydrogens (primary N) is 2. The van der Waals surface area contributed by atoms with Gasteiger partial charge in [-0.1, -0.05) is 35.4 Å². The SMILES string of the molecule is Cc1ccc(N(C)c2ccc(N)cn2)c(C)c1.Cc1ccc(N(C)c2ccc(N)cn2)c(C)c1. The van der Waals surface area contributed by atoms with Gasteiger partial charge in [0.2, 0.25) is 0 Å². The fraction of sp³-hybridized carbons (Fsp3) is 0.214. The van der Waals surface area contributed by atoms with Crippen molar-refractivity contribution in [2.24, 2.45) is 0 Å². The average molecular weight is 455 g/mol. The molecule has 0 fully saturated rings. The van der Waals surface area contributed by atoms with E-state index in [2.05, 4.69) is 83.9 Å². The third-order valence-corrected chi connectivity index (χ3v) is 5.66. The van der Waals surface area contributed by atoms with Crippen LogP contribution in [0.5, 0.6) is 0 Å². The molecule has 0 aliphatic rings. The highest BCUT2D eigenvalue weighted by atomic mass is 15.2. The van der Waals surface area contributed by atoms with Crippen LogP contribution in [-0.4, -0.2) is 24.1 Å². The number of anilines is 6. The van der Waals surface area contributed by atoms with E-state index in [0.717, 1.165) is 23.0 Å². The van der Waals surface area contributed by atoms with Crippen molar-refractivity contribution < 1.29 is 0 Å². The molecule has 4 rings (SSSR count). The van der Waals surface area contributed by atoms with E-state index in [1.807, 2.05) is 38.4 Å². The molecule has 176 valence electrons. The van der Waals surface area contributed by atoms with E-state index in [0.29, 0.717) is 11.4 Å². The number of aromatic nitrogens is 2. The molecule has 0 radical (unpaired) electrons. The molecular weight excluding hydrogens is 420 g/mol. The number of rotatable bonds is 4. The quantitative estimate of drug-likeness (QED) is 0.388. The number of nitrogen functional groups attached to an aromatic ring is 2. The molecule has 34 heavy (non-hydrogen) atoms. The summed E-state index contributed by atoms with van der Waals surface area (Å²) < 4.78 is 0. The van der Waals surface area contributed by atoms with Gasteiger partial charge in [-0.15, -0.1) is 0 Å². The van der Waals surface area contributed by atoms with Gasteiger partial charge in [0.1, 0.15) is 11.6 Å². The Hall–Kier alpha value is -4.06. The fourth-order valence-electron chi connectivity index (χ4n) is 3.80. The molecule has 0 saturated carbocycles. The van der Waals surface area contributed by atoms with Gasteiger partial charge < -0.3 is 21.3 Å². The third kappa shape index (κ3) is 6.04. The van der Waals surface area contributed by atoms with E-state index in [-0.39, 0.29) is 0 Å². The minimum absolute atomic E-state index is 0.683. The number of hydrogen-bond donors (Lipinski definition) is 2. The van der Waals surface area contributed by atoms with Crippen molar-refractivity contribution in [3.05, 3.63) is 95.3 Å². The number of nitrogens with zero attached hydrogens (tertiary/aromatic N) is 4. The molecule has 0 unspecified atom stereocenters. The normalized spacial score (nSPS) is 10.3. The van der Waals surface area contributed by atoms with Crippen LogP contribution >= 0.6 is 0 Å². The van der Waals surface area contributed by atoms with Crippen LogP contribution in [0.3, 0.4) is 0 Å². The highest BCUT2D eigenvalue weighted by Crippen LogP contribution is 2.27. The van der Waals surface area contributed by atoms with E-state index in [4.69, 9.17) is 11.5 Å². The maximum absolute atomic E-state index is 5.63. The molecule has 2 heterocycles. The first kappa shape index (κ1) is 24.6. The van der Waals surface area contributed by atoms with Crippen LogP contribution in [0, 0.1) is 27.7 Å². The highest BCUT2D eigenvalue weighted by Gasteiger charge is 2.08. The lowest BCUT2D eigenvalue weighted by Crippen LogP contribution is -2.12. The Labute approximate surface area is 202 Å². The zero-order chi connectivity index (χ0) is 24.8. The van der Waals surface area contributed by atoms with Crippen LogP contribution in [0.1, 0.15) is 22.3 Å². The predicted molar refractivity (Wildman–Crippen MR) is 145 cm³/mol. The fourth-order valence-corrected chi connectivity index (χ4v) is 3.80. The Morgan fingerprint density at radius 2 is 0.941 bits per heavy atom. The summed E-state index contributed by atoms with van der Waals surface area (Å²) in [4.78, 5) is 12.8. The highest BCUT2D eigenvalue weighted by molar-refractivity contribution is 5.65. The van der Waals surface area contributed by atoms with Crippen LogP contribution in [-0.2, 0) is 0 Å². The molecule has 6 heteroatoms. The Kier molecular flexibility index (Phi) is 7.74.